The Labute approximate surface area is 160 Å². The molecule has 6 heteroatoms. The number of aliphatic hydroxyl groups excluding tert-OH is 1. The standard InChI is InChI=1S/C21H27NO5/c1-24-19-8-5-9-20(12-19)27-16-21-14-22(10-11-25-21)13-17(23)15-26-18-6-3-2-4-7-18/h2-9,12,17,21,23H,10-11,13-16H2,1H3/t17-,21-/m0/s1. The third-order valence-corrected chi connectivity index (χ3v) is 4.35. The summed E-state index contributed by atoms with van der Waals surface area (Å²) in [4.78, 5) is 2.18. The topological polar surface area (TPSA) is 60.4 Å². The molecule has 2 atom stereocenters. The van der Waals surface area contributed by atoms with Gasteiger partial charge in [-0.05, 0) is 24.3 Å². The van der Waals surface area contributed by atoms with E-state index >= 15 is 0 Å². The molecule has 6 nitrogen and oxygen atoms in total. The zero-order valence-corrected chi connectivity index (χ0v) is 15.6. The second-order valence-corrected chi connectivity index (χ2v) is 6.52. The number of benzene rings is 2. The fraction of sp³-hybridized carbons (Fsp3) is 0.429. The largest absolute Gasteiger partial charge is 0.497 e. The van der Waals surface area contributed by atoms with Crippen molar-refractivity contribution in [2.75, 3.05) is 46.6 Å². The predicted molar refractivity (Wildman–Crippen MR) is 103 cm³/mol. The van der Waals surface area contributed by atoms with Crippen LogP contribution in [0.1, 0.15) is 0 Å². The number of ether oxygens (including phenoxy) is 4. The summed E-state index contributed by atoms with van der Waals surface area (Å²) in [5, 5.41) is 10.3. The van der Waals surface area contributed by atoms with Crippen molar-refractivity contribution in [3.05, 3.63) is 54.6 Å². The highest BCUT2D eigenvalue weighted by Crippen LogP contribution is 2.19. The highest BCUT2D eigenvalue weighted by molar-refractivity contribution is 5.32. The smallest absolute Gasteiger partial charge is 0.123 e. The van der Waals surface area contributed by atoms with Crippen LogP contribution in [0.5, 0.6) is 17.2 Å². The first-order chi connectivity index (χ1) is 13.2. The molecule has 1 heterocycles. The molecule has 1 aliphatic rings. The minimum Gasteiger partial charge on any atom is -0.497 e. The van der Waals surface area contributed by atoms with Crippen molar-refractivity contribution in [2.45, 2.75) is 12.2 Å². The quantitative estimate of drug-likeness (QED) is 0.727. The first kappa shape index (κ1) is 19.5. The molecule has 0 unspecified atom stereocenters. The molecule has 1 saturated heterocycles. The number of aliphatic hydroxyl groups is 1. The highest BCUT2D eigenvalue weighted by Gasteiger charge is 2.23. The van der Waals surface area contributed by atoms with Gasteiger partial charge < -0.3 is 24.1 Å². The van der Waals surface area contributed by atoms with Crippen LogP contribution < -0.4 is 14.2 Å². The predicted octanol–water partition coefficient (Wildman–Crippen LogP) is 2.21. The van der Waals surface area contributed by atoms with Crippen LogP contribution >= 0.6 is 0 Å². The second kappa shape index (κ2) is 10.2. The van der Waals surface area contributed by atoms with Crippen molar-refractivity contribution < 1.29 is 24.1 Å². The second-order valence-electron chi connectivity index (χ2n) is 6.52. The number of nitrogens with zero attached hydrogens (tertiary/aromatic N) is 1. The van der Waals surface area contributed by atoms with Crippen LogP contribution in [0, 0.1) is 0 Å². The maximum absolute atomic E-state index is 10.3. The molecule has 2 aromatic carbocycles. The molecule has 0 saturated carbocycles. The zero-order chi connectivity index (χ0) is 18.9. The SMILES string of the molecule is COc1cccc(OC[C@@H]2CN(C[C@H](O)COc3ccccc3)CCO2)c1. The van der Waals surface area contributed by atoms with Crippen molar-refractivity contribution in [1.29, 1.82) is 0 Å². The van der Waals surface area contributed by atoms with E-state index in [0.29, 0.717) is 26.3 Å². The van der Waals surface area contributed by atoms with Crippen LogP contribution in [-0.4, -0.2) is 68.8 Å². The van der Waals surface area contributed by atoms with Crippen molar-refractivity contribution in [1.82, 2.24) is 4.90 Å². The Hall–Kier alpha value is -2.28. The number of β-amino-alcohol motifs (C(OH)–C–C–N with tert-alkyl or cyclic N) is 1. The van der Waals surface area contributed by atoms with Gasteiger partial charge in [0.2, 0.25) is 0 Å². The first-order valence-electron chi connectivity index (χ1n) is 9.19. The average Bonchev–Trinajstić information content (AvgIpc) is 2.72. The van der Waals surface area contributed by atoms with Crippen LogP contribution in [-0.2, 0) is 4.74 Å². The average molecular weight is 373 g/mol. The molecule has 2 aromatic rings. The summed E-state index contributed by atoms with van der Waals surface area (Å²) >= 11 is 0. The fourth-order valence-corrected chi connectivity index (χ4v) is 2.99. The molecular formula is C21H27NO5. The summed E-state index contributed by atoms with van der Waals surface area (Å²) in [6.07, 6.45) is -0.588. The number of rotatable bonds is 9. The van der Waals surface area contributed by atoms with E-state index in [4.69, 9.17) is 18.9 Å². The van der Waals surface area contributed by atoms with E-state index < -0.39 is 6.10 Å². The van der Waals surface area contributed by atoms with Gasteiger partial charge in [-0.15, -0.1) is 0 Å². The molecule has 146 valence electrons. The van der Waals surface area contributed by atoms with Crippen LogP contribution in [0.3, 0.4) is 0 Å². The van der Waals surface area contributed by atoms with E-state index in [1.165, 1.54) is 0 Å². The summed E-state index contributed by atoms with van der Waals surface area (Å²) in [5.74, 6) is 2.29. The maximum atomic E-state index is 10.3. The lowest BCUT2D eigenvalue weighted by Crippen LogP contribution is -2.48. The molecule has 0 amide bonds. The Morgan fingerprint density at radius 1 is 1.07 bits per heavy atom. The number of hydrogen-bond acceptors (Lipinski definition) is 6. The Kier molecular flexibility index (Phi) is 7.33. The van der Waals surface area contributed by atoms with Gasteiger partial charge in [0.1, 0.15) is 42.7 Å². The fourth-order valence-electron chi connectivity index (χ4n) is 2.99. The van der Waals surface area contributed by atoms with Gasteiger partial charge in [0.25, 0.3) is 0 Å². The molecular weight excluding hydrogens is 346 g/mol. The minimum atomic E-state index is -0.553. The Morgan fingerprint density at radius 2 is 1.85 bits per heavy atom. The molecule has 0 bridgehead atoms. The zero-order valence-electron chi connectivity index (χ0n) is 15.6. The summed E-state index contributed by atoms with van der Waals surface area (Å²) in [5.41, 5.74) is 0. The summed E-state index contributed by atoms with van der Waals surface area (Å²) in [7, 11) is 1.63. The third-order valence-electron chi connectivity index (χ3n) is 4.35. The molecule has 0 aromatic heterocycles. The van der Waals surface area contributed by atoms with E-state index in [9.17, 15) is 5.11 Å². The van der Waals surface area contributed by atoms with Crippen molar-refractivity contribution in [2.24, 2.45) is 0 Å². The van der Waals surface area contributed by atoms with Gasteiger partial charge >= 0.3 is 0 Å². The molecule has 0 spiro atoms. The molecule has 0 radical (unpaired) electrons. The molecule has 1 aliphatic heterocycles. The van der Waals surface area contributed by atoms with Crippen molar-refractivity contribution in [3.8, 4) is 17.2 Å². The first-order valence-corrected chi connectivity index (χ1v) is 9.19. The normalized spacial score (nSPS) is 18.7. The molecule has 0 aliphatic carbocycles. The van der Waals surface area contributed by atoms with Crippen LogP contribution in [0.4, 0.5) is 0 Å². The molecule has 3 rings (SSSR count). The van der Waals surface area contributed by atoms with E-state index in [-0.39, 0.29) is 12.7 Å². The van der Waals surface area contributed by atoms with Crippen molar-refractivity contribution in [3.63, 3.8) is 0 Å². The summed E-state index contributed by atoms with van der Waals surface area (Å²) in [6.45, 7) is 3.40. The van der Waals surface area contributed by atoms with Gasteiger partial charge in [0, 0.05) is 25.7 Å². The Bertz CT molecular complexity index is 681. The van der Waals surface area contributed by atoms with E-state index in [1.54, 1.807) is 7.11 Å². The minimum absolute atomic E-state index is 0.0350. The van der Waals surface area contributed by atoms with E-state index in [0.717, 1.165) is 23.8 Å². The van der Waals surface area contributed by atoms with Crippen LogP contribution in [0.25, 0.3) is 0 Å². The van der Waals surface area contributed by atoms with Crippen molar-refractivity contribution >= 4 is 0 Å². The van der Waals surface area contributed by atoms with Gasteiger partial charge in [-0.1, -0.05) is 24.3 Å². The van der Waals surface area contributed by atoms with Gasteiger partial charge in [0.15, 0.2) is 0 Å². The van der Waals surface area contributed by atoms with Crippen LogP contribution in [0.15, 0.2) is 54.6 Å². The van der Waals surface area contributed by atoms with E-state index in [1.807, 2.05) is 54.6 Å². The monoisotopic (exact) mass is 373 g/mol. The number of hydrogen-bond donors (Lipinski definition) is 1. The molecule has 27 heavy (non-hydrogen) atoms. The lowest BCUT2D eigenvalue weighted by atomic mass is 10.2. The summed E-state index contributed by atoms with van der Waals surface area (Å²) < 4.78 is 22.4. The van der Waals surface area contributed by atoms with Gasteiger partial charge in [0.05, 0.1) is 13.7 Å². The highest BCUT2D eigenvalue weighted by atomic mass is 16.5. The lowest BCUT2D eigenvalue weighted by molar-refractivity contribution is -0.0601. The lowest BCUT2D eigenvalue weighted by Gasteiger charge is -2.33. The maximum Gasteiger partial charge on any atom is 0.123 e. The molecule has 1 N–H and O–H groups in total. The van der Waals surface area contributed by atoms with Gasteiger partial charge in [-0.3, -0.25) is 4.90 Å². The van der Waals surface area contributed by atoms with E-state index in [2.05, 4.69) is 4.90 Å². The summed E-state index contributed by atoms with van der Waals surface area (Å²) in [6, 6.07) is 17.0. The Morgan fingerprint density at radius 3 is 2.67 bits per heavy atom. The Balaban J connectivity index is 1.40. The number of para-hydroxylation sites is 1. The van der Waals surface area contributed by atoms with Crippen LogP contribution in [0.2, 0.25) is 0 Å². The number of morpholine rings is 1. The van der Waals surface area contributed by atoms with Gasteiger partial charge in [-0.2, -0.15) is 0 Å². The number of methoxy groups -OCH3 is 1. The third kappa shape index (κ3) is 6.43. The molecule has 1 fully saturated rings. The van der Waals surface area contributed by atoms with Gasteiger partial charge in [-0.25, -0.2) is 0 Å².